The second-order valence-corrected chi connectivity index (χ2v) is 5.13. The van der Waals surface area contributed by atoms with Crippen molar-refractivity contribution >= 4 is 0 Å². The van der Waals surface area contributed by atoms with Gasteiger partial charge in [0.05, 0.1) is 11.9 Å². The summed E-state index contributed by atoms with van der Waals surface area (Å²) in [6, 6.07) is 4.25. The van der Waals surface area contributed by atoms with Gasteiger partial charge in [-0.15, -0.1) is 0 Å². The molecule has 1 N–H and O–H groups in total. The number of pyridine rings is 1. The quantitative estimate of drug-likeness (QED) is 0.831. The van der Waals surface area contributed by atoms with Crippen molar-refractivity contribution in [2.45, 2.75) is 26.6 Å². The zero-order chi connectivity index (χ0) is 14.4. The summed E-state index contributed by atoms with van der Waals surface area (Å²) in [6.07, 6.45) is 5.91. The summed E-state index contributed by atoms with van der Waals surface area (Å²) in [5.74, 6) is 0. The van der Waals surface area contributed by atoms with E-state index in [2.05, 4.69) is 46.4 Å². The first-order valence-corrected chi connectivity index (χ1v) is 6.98. The highest BCUT2D eigenvalue weighted by atomic mass is 15.2. The van der Waals surface area contributed by atoms with Crippen molar-refractivity contribution in [2.24, 2.45) is 7.05 Å². The lowest BCUT2D eigenvalue weighted by Gasteiger charge is -2.15. The molecular formula is C15H23N5. The third-order valence-corrected chi connectivity index (χ3v) is 3.11. The van der Waals surface area contributed by atoms with Crippen molar-refractivity contribution in [3.63, 3.8) is 0 Å². The van der Waals surface area contributed by atoms with Crippen LogP contribution in [-0.4, -0.2) is 33.3 Å². The monoisotopic (exact) mass is 273 g/mol. The Balaban J connectivity index is 1.85. The molecule has 0 fully saturated rings. The lowest BCUT2D eigenvalue weighted by molar-refractivity contribution is 0.315. The molecule has 0 aromatic carbocycles. The number of rotatable bonds is 7. The minimum absolute atomic E-state index is 0.844. The first-order valence-electron chi connectivity index (χ1n) is 6.98. The van der Waals surface area contributed by atoms with Crippen LogP contribution in [0.2, 0.25) is 0 Å². The Bertz CT molecular complexity index is 517. The Morgan fingerprint density at radius 3 is 2.65 bits per heavy atom. The number of hydrogen-bond acceptors (Lipinski definition) is 4. The third-order valence-electron chi connectivity index (χ3n) is 3.11. The van der Waals surface area contributed by atoms with E-state index < -0.39 is 0 Å². The molecule has 0 radical (unpaired) electrons. The molecule has 2 rings (SSSR count). The summed E-state index contributed by atoms with van der Waals surface area (Å²) in [5.41, 5.74) is 3.54. The predicted molar refractivity (Wildman–Crippen MR) is 80.0 cm³/mol. The Hall–Kier alpha value is -1.72. The molecule has 5 nitrogen and oxygen atoms in total. The van der Waals surface area contributed by atoms with Gasteiger partial charge in [-0.05, 0) is 25.2 Å². The lowest BCUT2D eigenvalue weighted by atomic mass is 10.2. The normalized spacial score (nSPS) is 11.2. The molecule has 0 bridgehead atoms. The molecule has 5 heteroatoms. The molecule has 0 aliphatic heterocycles. The fourth-order valence-corrected chi connectivity index (χ4v) is 2.12. The van der Waals surface area contributed by atoms with Gasteiger partial charge in [0, 0.05) is 44.6 Å². The average Bonchev–Trinajstić information content (AvgIpc) is 2.83. The van der Waals surface area contributed by atoms with E-state index in [4.69, 9.17) is 0 Å². The van der Waals surface area contributed by atoms with E-state index in [0.29, 0.717) is 0 Å². The number of nitrogens with zero attached hydrogens (tertiary/aromatic N) is 4. The van der Waals surface area contributed by atoms with Gasteiger partial charge >= 0.3 is 0 Å². The van der Waals surface area contributed by atoms with Gasteiger partial charge in [0.1, 0.15) is 0 Å². The van der Waals surface area contributed by atoms with Gasteiger partial charge in [0.25, 0.3) is 0 Å². The summed E-state index contributed by atoms with van der Waals surface area (Å²) in [7, 11) is 4.04. The van der Waals surface area contributed by atoms with Crippen LogP contribution in [0.25, 0.3) is 0 Å². The molecule has 0 unspecified atom stereocenters. The van der Waals surface area contributed by atoms with Crippen molar-refractivity contribution in [1.29, 1.82) is 0 Å². The van der Waals surface area contributed by atoms with Crippen LogP contribution in [0.4, 0.5) is 0 Å². The Morgan fingerprint density at radius 2 is 2.05 bits per heavy atom. The van der Waals surface area contributed by atoms with E-state index in [9.17, 15) is 0 Å². The fourth-order valence-electron chi connectivity index (χ4n) is 2.12. The first kappa shape index (κ1) is 14.7. The molecule has 108 valence electrons. The van der Waals surface area contributed by atoms with Crippen molar-refractivity contribution < 1.29 is 0 Å². The van der Waals surface area contributed by atoms with Crippen LogP contribution in [0.15, 0.2) is 30.7 Å². The zero-order valence-electron chi connectivity index (χ0n) is 12.5. The van der Waals surface area contributed by atoms with E-state index >= 15 is 0 Å². The highest BCUT2D eigenvalue weighted by molar-refractivity contribution is 5.14. The first-order chi connectivity index (χ1) is 9.67. The van der Waals surface area contributed by atoms with Gasteiger partial charge in [-0.1, -0.05) is 13.0 Å². The summed E-state index contributed by atoms with van der Waals surface area (Å²) in [6.45, 7) is 5.70. The van der Waals surface area contributed by atoms with E-state index in [0.717, 1.165) is 31.9 Å². The number of nitrogens with one attached hydrogen (secondary N) is 1. The third kappa shape index (κ3) is 4.43. The van der Waals surface area contributed by atoms with E-state index in [-0.39, 0.29) is 0 Å². The predicted octanol–water partition coefficient (Wildman–Crippen LogP) is 1.56. The van der Waals surface area contributed by atoms with Crippen molar-refractivity contribution in [2.75, 3.05) is 13.6 Å². The minimum atomic E-state index is 0.844. The fraction of sp³-hybridized carbons (Fsp3) is 0.467. The van der Waals surface area contributed by atoms with Crippen LogP contribution in [-0.2, 0) is 26.7 Å². The van der Waals surface area contributed by atoms with Gasteiger partial charge in [0.15, 0.2) is 0 Å². The maximum absolute atomic E-state index is 4.52. The van der Waals surface area contributed by atoms with E-state index in [1.807, 2.05) is 30.3 Å². The van der Waals surface area contributed by atoms with Crippen LogP contribution in [0.3, 0.4) is 0 Å². The van der Waals surface area contributed by atoms with Gasteiger partial charge in [-0.25, -0.2) is 0 Å². The SMILES string of the molecule is CCNCc1ccc(CN(C)Cc2cnn(C)c2)nc1. The molecule has 0 aliphatic carbocycles. The summed E-state index contributed by atoms with van der Waals surface area (Å²) in [5, 5.41) is 7.48. The van der Waals surface area contributed by atoms with Crippen LogP contribution in [0.1, 0.15) is 23.7 Å². The second kappa shape index (κ2) is 7.17. The van der Waals surface area contributed by atoms with Gasteiger partial charge in [-0.3, -0.25) is 14.6 Å². The number of hydrogen-bond donors (Lipinski definition) is 1. The van der Waals surface area contributed by atoms with Crippen LogP contribution in [0.5, 0.6) is 0 Å². The van der Waals surface area contributed by atoms with Crippen molar-refractivity contribution in [3.05, 3.63) is 47.5 Å². The topological polar surface area (TPSA) is 46.0 Å². The molecule has 0 spiro atoms. The molecule has 2 heterocycles. The van der Waals surface area contributed by atoms with Crippen molar-refractivity contribution in [1.82, 2.24) is 25.0 Å². The van der Waals surface area contributed by atoms with Crippen LogP contribution >= 0.6 is 0 Å². The Labute approximate surface area is 120 Å². The highest BCUT2D eigenvalue weighted by Gasteiger charge is 2.04. The molecule has 20 heavy (non-hydrogen) atoms. The maximum Gasteiger partial charge on any atom is 0.0544 e. The number of aromatic nitrogens is 3. The largest absolute Gasteiger partial charge is 0.313 e. The summed E-state index contributed by atoms with van der Waals surface area (Å²) in [4.78, 5) is 6.76. The lowest BCUT2D eigenvalue weighted by Crippen LogP contribution is -2.18. The van der Waals surface area contributed by atoms with Gasteiger partial charge in [0.2, 0.25) is 0 Å². The molecule has 0 amide bonds. The van der Waals surface area contributed by atoms with Crippen LogP contribution < -0.4 is 5.32 Å². The smallest absolute Gasteiger partial charge is 0.0544 e. The van der Waals surface area contributed by atoms with E-state index in [1.165, 1.54) is 11.1 Å². The molecule has 0 aliphatic rings. The molecular weight excluding hydrogens is 250 g/mol. The van der Waals surface area contributed by atoms with Gasteiger partial charge < -0.3 is 5.32 Å². The summed E-state index contributed by atoms with van der Waals surface area (Å²) >= 11 is 0. The molecule has 0 atom stereocenters. The number of aryl methyl sites for hydroxylation is 1. The molecule has 2 aromatic heterocycles. The van der Waals surface area contributed by atoms with Crippen LogP contribution in [0, 0.1) is 0 Å². The minimum Gasteiger partial charge on any atom is -0.313 e. The molecule has 2 aromatic rings. The zero-order valence-corrected chi connectivity index (χ0v) is 12.5. The average molecular weight is 273 g/mol. The Morgan fingerprint density at radius 1 is 1.20 bits per heavy atom. The highest BCUT2D eigenvalue weighted by Crippen LogP contribution is 2.06. The molecule has 0 saturated heterocycles. The van der Waals surface area contributed by atoms with Gasteiger partial charge in [-0.2, -0.15) is 5.10 Å². The maximum atomic E-state index is 4.52. The van der Waals surface area contributed by atoms with E-state index in [1.54, 1.807) is 0 Å². The summed E-state index contributed by atoms with van der Waals surface area (Å²) < 4.78 is 1.83. The molecule has 0 saturated carbocycles. The standard InChI is InChI=1S/C15H23N5/c1-4-16-7-13-5-6-15(17-8-13)12-19(2)10-14-9-18-20(3)11-14/h5-6,8-9,11,16H,4,7,10,12H2,1-3H3. The second-order valence-electron chi connectivity index (χ2n) is 5.13. The Kier molecular flexibility index (Phi) is 5.26. The van der Waals surface area contributed by atoms with Crippen molar-refractivity contribution in [3.8, 4) is 0 Å².